The smallest absolute Gasteiger partial charge is 0.352 e. The van der Waals surface area contributed by atoms with Crippen molar-refractivity contribution >= 4 is 29.0 Å². The van der Waals surface area contributed by atoms with Crippen LogP contribution in [-0.2, 0) is 16.1 Å². The molecular formula is C16H15N3O3S. The zero-order valence-electron chi connectivity index (χ0n) is 12.5. The van der Waals surface area contributed by atoms with Crippen LogP contribution in [0, 0.1) is 11.3 Å². The number of hydrogen-bond acceptors (Lipinski definition) is 5. The van der Waals surface area contributed by atoms with Gasteiger partial charge in [0.2, 0.25) is 0 Å². The molecule has 0 atom stereocenters. The minimum Gasteiger partial charge on any atom is -0.457 e. The van der Waals surface area contributed by atoms with Crippen molar-refractivity contribution in [3.63, 3.8) is 0 Å². The molecule has 0 amide bonds. The fourth-order valence-corrected chi connectivity index (χ4v) is 3.10. The standard InChI is InChI=1S/C16H15N3O3S/c1-3-8-22-16(21)12(10-17)15-19(4-2)14(20)13(23-15)9-11-6-5-7-18-11/h3,5-7,9,18H,1,4,8H2,2H3. The monoisotopic (exact) mass is 329 g/mol. The van der Waals surface area contributed by atoms with Crippen molar-refractivity contribution in [2.45, 2.75) is 13.5 Å². The van der Waals surface area contributed by atoms with Gasteiger partial charge >= 0.3 is 5.97 Å². The van der Waals surface area contributed by atoms with Crippen LogP contribution in [0.15, 0.2) is 35.8 Å². The van der Waals surface area contributed by atoms with E-state index < -0.39 is 5.97 Å². The van der Waals surface area contributed by atoms with Crippen molar-refractivity contribution < 1.29 is 9.53 Å². The summed E-state index contributed by atoms with van der Waals surface area (Å²) in [7, 11) is 0. The number of hydrogen-bond donors (Lipinski definition) is 1. The molecule has 0 radical (unpaired) electrons. The van der Waals surface area contributed by atoms with Crippen LogP contribution in [0.25, 0.3) is 11.6 Å². The van der Waals surface area contributed by atoms with E-state index in [4.69, 9.17) is 4.74 Å². The van der Waals surface area contributed by atoms with Crippen LogP contribution in [-0.4, -0.2) is 22.1 Å². The number of aromatic amines is 1. The Morgan fingerprint density at radius 2 is 2.39 bits per heavy atom. The van der Waals surface area contributed by atoms with Gasteiger partial charge in [0, 0.05) is 18.4 Å². The Morgan fingerprint density at radius 1 is 1.61 bits per heavy atom. The second kappa shape index (κ2) is 7.42. The SMILES string of the molecule is C=CCOC(=O)C(C#N)=c1sc(=Cc2ccc[nH]2)c(=O)n1CC. The predicted molar refractivity (Wildman–Crippen MR) is 88.0 cm³/mol. The second-order valence-electron chi connectivity index (χ2n) is 4.46. The van der Waals surface area contributed by atoms with Gasteiger partial charge in [-0.2, -0.15) is 5.26 Å². The van der Waals surface area contributed by atoms with Crippen molar-refractivity contribution in [2.75, 3.05) is 6.61 Å². The highest BCUT2D eigenvalue weighted by molar-refractivity contribution is 7.07. The maximum absolute atomic E-state index is 12.4. The summed E-state index contributed by atoms with van der Waals surface area (Å²) in [6.45, 7) is 5.59. The van der Waals surface area contributed by atoms with E-state index >= 15 is 0 Å². The average molecular weight is 329 g/mol. The highest BCUT2D eigenvalue weighted by Gasteiger charge is 2.16. The van der Waals surface area contributed by atoms with Gasteiger partial charge in [0.1, 0.15) is 17.3 Å². The van der Waals surface area contributed by atoms with Crippen molar-refractivity contribution in [1.29, 1.82) is 5.26 Å². The molecule has 0 saturated carbocycles. The van der Waals surface area contributed by atoms with Crippen LogP contribution in [0.5, 0.6) is 0 Å². The number of carbonyl (C=O) groups excluding carboxylic acids is 1. The number of carbonyl (C=O) groups is 1. The first-order valence-electron chi connectivity index (χ1n) is 6.89. The van der Waals surface area contributed by atoms with Crippen LogP contribution in [0.2, 0.25) is 0 Å². The van der Waals surface area contributed by atoms with Gasteiger partial charge in [0.05, 0.1) is 4.53 Å². The lowest BCUT2D eigenvalue weighted by molar-refractivity contribution is -0.135. The van der Waals surface area contributed by atoms with Gasteiger partial charge in [-0.1, -0.05) is 12.7 Å². The molecule has 2 rings (SSSR count). The molecule has 0 spiro atoms. The highest BCUT2D eigenvalue weighted by atomic mass is 32.1. The third kappa shape index (κ3) is 3.49. The number of aromatic nitrogens is 2. The first-order chi connectivity index (χ1) is 11.1. The Bertz CT molecular complexity index is 927. The first kappa shape index (κ1) is 16.5. The third-order valence-electron chi connectivity index (χ3n) is 2.99. The lowest BCUT2D eigenvalue weighted by Gasteiger charge is -2.00. The molecule has 118 valence electrons. The summed E-state index contributed by atoms with van der Waals surface area (Å²) in [5.74, 6) is -0.762. The van der Waals surface area contributed by atoms with Gasteiger partial charge in [-0.25, -0.2) is 4.79 Å². The van der Waals surface area contributed by atoms with Crippen LogP contribution in [0.3, 0.4) is 0 Å². The van der Waals surface area contributed by atoms with E-state index in [1.807, 2.05) is 18.2 Å². The number of rotatable bonds is 5. The second-order valence-corrected chi connectivity index (χ2v) is 5.50. The Kier molecular flexibility index (Phi) is 5.33. The van der Waals surface area contributed by atoms with Crippen molar-refractivity contribution in [3.8, 4) is 6.07 Å². The lowest BCUT2D eigenvalue weighted by atomic mass is 10.3. The molecule has 23 heavy (non-hydrogen) atoms. The van der Waals surface area contributed by atoms with E-state index in [2.05, 4.69) is 11.6 Å². The molecule has 6 nitrogen and oxygen atoms in total. The number of nitrogens with one attached hydrogen (secondary N) is 1. The molecule has 1 N–H and O–H groups in total. The average Bonchev–Trinajstić information content (AvgIpc) is 3.15. The zero-order valence-corrected chi connectivity index (χ0v) is 13.4. The van der Waals surface area contributed by atoms with E-state index in [0.29, 0.717) is 15.7 Å². The van der Waals surface area contributed by atoms with Gasteiger partial charge in [-0.05, 0) is 25.1 Å². The number of thiazole rings is 1. The number of esters is 1. The molecule has 0 fully saturated rings. The summed E-state index contributed by atoms with van der Waals surface area (Å²) in [6.07, 6.45) is 4.85. The molecule has 0 bridgehead atoms. The Hall–Kier alpha value is -2.85. The molecule has 0 saturated heterocycles. The number of nitriles is 1. The summed E-state index contributed by atoms with van der Waals surface area (Å²) in [4.78, 5) is 27.4. The summed E-state index contributed by atoms with van der Waals surface area (Å²) in [5, 5.41) is 9.29. The topological polar surface area (TPSA) is 87.9 Å². The van der Waals surface area contributed by atoms with E-state index in [1.165, 1.54) is 10.6 Å². The first-order valence-corrected chi connectivity index (χ1v) is 7.71. The van der Waals surface area contributed by atoms with Crippen LogP contribution in [0.1, 0.15) is 12.6 Å². The summed E-state index contributed by atoms with van der Waals surface area (Å²) in [6, 6.07) is 5.48. The van der Waals surface area contributed by atoms with E-state index in [-0.39, 0.29) is 17.7 Å². The summed E-state index contributed by atoms with van der Waals surface area (Å²) < 4.78 is 7.04. The maximum Gasteiger partial charge on any atom is 0.352 e. The number of nitrogens with zero attached hydrogens (tertiary/aromatic N) is 2. The molecule has 0 aliphatic rings. The van der Waals surface area contributed by atoms with Crippen molar-refractivity contribution in [1.82, 2.24) is 9.55 Å². The molecule has 2 heterocycles. The number of ether oxygens (including phenoxy) is 1. The highest BCUT2D eigenvalue weighted by Crippen LogP contribution is 1.98. The minimum absolute atomic E-state index is 0.00715. The fraction of sp³-hybridized carbons (Fsp3) is 0.188. The lowest BCUT2D eigenvalue weighted by Crippen LogP contribution is -2.32. The Morgan fingerprint density at radius 3 is 2.96 bits per heavy atom. The molecule has 2 aromatic rings. The molecule has 2 aromatic heterocycles. The quantitative estimate of drug-likeness (QED) is 0.639. The normalized spacial score (nSPS) is 12.6. The van der Waals surface area contributed by atoms with Gasteiger partial charge in [-0.15, -0.1) is 11.3 Å². The molecule has 0 aliphatic heterocycles. The zero-order chi connectivity index (χ0) is 16.8. The van der Waals surface area contributed by atoms with Crippen LogP contribution in [0.4, 0.5) is 0 Å². The molecule has 7 heteroatoms. The van der Waals surface area contributed by atoms with Crippen LogP contribution < -0.4 is 14.8 Å². The Labute approximate surface area is 136 Å². The summed E-state index contributed by atoms with van der Waals surface area (Å²) in [5.41, 5.74) is 0.346. The van der Waals surface area contributed by atoms with Crippen LogP contribution >= 0.6 is 11.3 Å². The van der Waals surface area contributed by atoms with Gasteiger partial charge in [-0.3, -0.25) is 9.36 Å². The van der Waals surface area contributed by atoms with Gasteiger partial charge < -0.3 is 9.72 Å². The molecule has 0 aromatic carbocycles. The van der Waals surface area contributed by atoms with Gasteiger partial charge in [0.25, 0.3) is 5.56 Å². The molecular weight excluding hydrogens is 314 g/mol. The maximum atomic E-state index is 12.4. The van der Waals surface area contributed by atoms with Crippen molar-refractivity contribution in [2.24, 2.45) is 0 Å². The summed E-state index contributed by atoms with van der Waals surface area (Å²) >= 11 is 1.09. The number of H-pyrrole nitrogens is 1. The predicted octanol–water partition coefficient (Wildman–Crippen LogP) is 0.490. The van der Waals surface area contributed by atoms with E-state index in [0.717, 1.165) is 17.0 Å². The largest absolute Gasteiger partial charge is 0.457 e. The third-order valence-corrected chi connectivity index (χ3v) is 4.12. The Balaban J connectivity index is 2.69. The molecule has 0 aliphatic carbocycles. The van der Waals surface area contributed by atoms with E-state index in [1.54, 1.807) is 19.2 Å². The van der Waals surface area contributed by atoms with Gasteiger partial charge in [0.15, 0.2) is 5.57 Å². The van der Waals surface area contributed by atoms with Crippen molar-refractivity contribution in [3.05, 3.63) is 56.2 Å². The fourth-order valence-electron chi connectivity index (χ4n) is 1.96. The van der Waals surface area contributed by atoms with E-state index in [9.17, 15) is 14.9 Å². The minimum atomic E-state index is -0.762. The molecule has 0 unspecified atom stereocenters.